The van der Waals surface area contributed by atoms with Gasteiger partial charge in [-0.2, -0.15) is 5.10 Å². The molecule has 0 unspecified atom stereocenters. The Hall–Kier alpha value is -1.12. The van der Waals surface area contributed by atoms with Gasteiger partial charge in [0.25, 0.3) is 5.56 Å². The fourth-order valence-corrected chi connectivity index (χ4v) is 0.432. The lowest BCUT2D eigenvalue weighted by Crippen LogP contribution is -2.05. The van der Waals surface area contributed by atoms with E-state index in [9.17, 15) is 4.79 Å². The molecule has 8 heavy (non-hydrogen) atoms. The Morgan fingerprint density at radius 1 is 1.88 bits per heavy atom. The van der Waals surface area contributed by atoms with Crippen LogP contribution in [0.1, 0.15) is 5.56 Å². The second-order valence-corrected chi connectivity index (χ2v) is 1.53. The van der Waals surface area contributed by atoms with E-state index in [0.717, 1.165) is 5.56 Å². The van der Waals surface area contributed by atoms with Gasteiger partial charge in [0.2, 0.25) is 0 Å². The molecule has 1 radical (unpaired) electrons. The molecule has 1 aromatic rings. The molecule has 1 rings (SSSR count). The molecule has 0 saturated heterocycles. The molecule has 1 N–H and O–H groups in total. The highest BCUT2D eigenvalue weighted by Gasteiger charge is 1.82. The molecule has 0 amide bonds. The molecule has 3 heteroatoms. The predicted octanol–water partition coefficient (Wildman–Crippen LogP) is -0.121. The minimum atomic E-state index is -0.179. The maximum atomic E-state index is 10.4. The molecule has 0 saturated carbocycles. The maximum absolute atomic E-state index is 10.4. The average molecular weight is 109 g/mol. The van der Waals surface area contributed by atoms with Crippen molar-refractivity contribution in [2.24, 2.45) is 0 Å². The Morgan fingerprint density at radius 2 is 2.62 bits per heavy atom. The summed E-state index contributed by atoms with van der Waals surface area (Å²) in [7, 11) is 0. The number of aromatic amines is 1. The number of H-pyrrole nitrogens is 1. The van der Waals surface area contributed by atoms with Crippen molar-refractivity contribution in [2.45, 2.75) is 6.92 Å². The van der Waals surface area contributed by atoms with Gasteiger partial charge >= 0.3 is 0 Å². The Labute approximate surface area is 46.4 Å². The number of aryl methyl sites for hydroxylation is 1. The number of rotatable bonds is 0. The number of hydrogen-bond acceptors (Lipinski definition) is 2. The van der Waals surface area contributed by atoms with Crippen LogP contribution in [0, 0.1) is 13.1 Å². The third-order valence-electron chi connectivity index (χ3n) is 0.746. The normalized spacial score (nSPS) is 9.12. The van der Waals surface area contributed by atoms with Gasteiger partial charge in [-0.3, -0.25) is 4.79 Å². The molecule has 0 bridgehead atoms. The molecule has 1 heterocycles. The van der Waals surface area contributed by atoms with E-state index in [4.69, 9.17) is 0 Å². The van der Waals surface area contributed by atoms with Gasteiger partial charge < -0.3 is 0 Å². The Kier molecular flexibility index (Phi) is 1.12. The molecule has 0 aliphatic rings. The highest BCUT2D eigenvalue weighted by molar-refractivity contribution is 4.99. The number of hydrogen-bond donors (Lipinski definition) is 1. The van der Waals surface area contributed by atoms with Crippen LogP contribution in [-0.4, -0.2) is 10.2 Å². The molecule has 0 spiro atoms. The SMILES string of the molecule is Cc1[c]n[nH]c(=O)c1. The summed E-state index contributed by atoms with van der Waals surface area (Å²) in [5.41, 5.74) is 0.579. The van der Waals surface area contributed by atoms with Crippen molar-refractivity contribution in [2.75, 3.05) is 0 Å². The summed E-state index contributed by atoms with van der Waals surface area (Å²) < 4.78 is 0. The fourth-order valence-electron chi connectivity index (χ4n) is 0.432. The molecular weight excluding hydrogens is 104 g/mol. The molecule has 41 valence electrons. The largest absolute Gasteiger partial charge is 0.268 e. The number of aromatic nitrogens is 2. The van der Waals surface area contributed by atoms with Crippen molar-refractivity contribution >= 4 is 0 Å². The van der Waals surface area contributed by atoms with Gasteiger partial charge in [-0.15, -0.1) is 0 Å². The van der Waals surface area contributed by atoms with Crippen molar-refractivity contribution in [1.29, 1.82) is 0 Å². The predicted molar refractivity (Wildman–Crippen MR) is 28.4 cm³/mol. The zero-order valence-corrected chi connectivity index (χ0v) is 4.43. The first kappa shape index (κ1) is 5.03. The minimum Gasteiger partial charge on any atom is -0.268 e. The third-order valence-corrected chi connectivity index (χ3v) is 0.746. The van der Waals surface area contributed by atoms with E-state index in [0.29, 0.717) is 0 Å². The van der Waals surface area contributed by atoms with E-state index in [1.54, 1.807) is 6.92 Å². The van der Waals surface area contributed by atoms with Crippen molar-refractivity contribution in [1.82, 2.24) is 10.2 Å². The van der Waals surface area contributed by atoms with Crippen molar-refractivity contribution in [3.63, 3.8) is 0 Å². The van der Waals surface area contributed by atoms with E-state index in [-0.39, 0.29) is 5.56 Å². The quantitative estimate of drug-likeness (QED) is 0.504. The summed E-state index contributed by atoms with van der Waals surface area (Å²) >= 11 is 0. The Bertz CT molecular complexity index is 228. The molecule has 0 aliphatic carbocycles. The molecule has 0 fully saturated rings. The molecule has 0 aromatic carbocycles. The van der Waals surface area contributed by atoms with Gasteiger partial charge in [-0.25, -0.2) is 5.10 Å². The van der Waals surface area contributed by atoms with E-state index in [2.05, 4.69) is 16.4 Å². The average Bonchev–Trinajstić information content (AvgIpc) is 1.64. The lowest BCUT2D eigenvalue weighted by Gasteiger charge is -1.81. The Morgan fingerprint density at radius 3 is 3.00 bits per heavy atom. The summed E-state index contributed by atoms with van der Waals surface area (Å²) in [6, 6.07) is 1.44. The summed E-state index contributed by atoms with van der Waals surface area (Å²) in [5.74, 6) is 0. The van der Waals surface area contributed by atoms with Crippen LogP contribution in [0.25, 0.3) is 0 Å². The second-order valence-electron chi connectivity index (χ2n) is 1.53. The maximum Gasteiger partial charge on any atom is 0.264 e. The zero-order chi connectivity index (χ0) is 5.98. The van der Waals surface area contributed by atoms with Gasteiger partial charge in [0.15, 0.2) is 0 Å². The van der Waals surface area contributed by atoms with Gasteiger partial charge in [0, 0.05) is 6.07 Å². The van der Waals surface area contributed by atoms with E-state index >= 15 is 0 Å². The standard InChI is InChI=1S/C5H5N2O/c1-4-2-5(8)7-6-3-4/h2H,1H3,(H,7,8). The second kappa shape index (κ2) is 1.78. The van der Waals surface area contributed by atoms with Gasteiger partial charge in [0.05, 0.1) is 0 Å². The molecule has 0 atom stereocenters. The van der Waals surface area contributed by atoms with Crippen LogP contribution in [0.3, 0.4) is 0 Å². The number of nitrogens with one attached hydrogen (secondary N) is 1. The van der Waals surface area contributed by atoms with Crippen molar-refractivity contribution in [3.05, 3.63) is 28.2 Å². The van der Waals surface area contributed by atoms with Crippen LogP contribution in [0.15, 0.2) is 10.9 Å². The van der Waals surface area contributed by atoms with Crippen molar-refractivity contribution < 1.29 is 0 Å². The van der Waals surface area contributed by atoms with Crippen LogP contribution < -0.4 is 5.56 Å². The number of nitrogens with zero attached hydrogens (tertiary/aromatic N) is 1. The van der Waals surface area contributed by atoms with Gasteiger partial charge in [0.1, 0.15) is 6.20 Å². The highest BCUT2D eigenvalue weighted by Crippen LogP contribution is 1.79. The topological polar surface area (TPSA) is 45.8 Å². The van der Waals surface area contributed by atoms with E-state index < -0.39 is 0 Å². The van der Waals surface area contributed by atoms with E-state index in [1.165, 1.54) is 6.07 Å². The summed E-state index contributed by atoms with van der Waals surface area (Å²) in [5, 5.41) is 5.63. The van der Waals surface area contributed by atoms with Crippen LogP contribution in [0.5, 0.6) is 0 Å². The molecule has 1 aromatic heterocycles. The highest BCUT2D eigenvalue weighted by atomic mass is 16.1. The lowest BCUT2D eigenvalue weighted by molar-refractivity contribution is 0.965. The zero-order valence-electron chi connectivity index (χ0n) is 4.43. The summed E-state index contributed by atoms with van der Waals surface area (Å²) in [6.07, 6.45) is 2.57. The van der Waals surface area contributed by atoms with Crippen LogP contribution in [0.2, 0.25) is 0 Å². The first-order chi connectivity index (χ1) is 3.79. The van der Waals surface area contributed by atoms with Gasteiger partial charge in [-0.05, 0) is 12.5 Å². The first-order valence-electron chi connectivity index (χ1n) is 2.23. The fraction of sp³-hybridized carbons (Fsp3) is 0.200. The lowest BCUT2D eigenvalue weighted by atomic mass is 10.4. The smallest absolute Gasteiger partial charge is 0.264 e. The molecule has 3 nitrogen and oxygen atoms in total. The van der Waals surface area contributed by atoms with Crippen LogP contribution in [-0.2, 0) is 0 Å². The summed E-state index contributed by atoms with van der Waals surface area (Å²) in [6.45, 7) is 1.77. The first-order valence-corrected chi connectivity index (χ1v) is 2.23. The molecular formula is C5H5N2O. The van der Waals surface area contributed by atoms with Gasteiger partial charge in [-0.1, -0.05) is 0 Å². The van der Waals surface area contributed by atoms with E-state index in [1.807, 2.05) is 0 Å². The Balaban J connectivity index is 3.28. The third kappa shape index (κ3) is 0.932. The molecule has 0 aliphatic heterocycles. The van der Waals surface area contributed by atoms with Crippen molar-refractivity contribution in [3.8, 4) is 0 Å². The minimum absolute atomic E-state index is 0.179. The van der Waals surface area contributed by atoms with Crippen LogP contribution >= 0.6 is 0 Å². The summed E-state index contributed by atoms with van der Waals surface area (Å²) in [4.78, 5) is 10.4. The van der Waals surface area contributed by atoms with Crippen LogP contribution in [0.4, 0.5) is 0 Å². The monoisotopic (exact) mass is 109 g/mol.